The van der Waals surface area contributed by atoms with Gasteiger partial charge in [0, 0.05) is 0 Å². The van der Waals surface area contributed by atoms with Gasteiger partial charge < -0.3 is 14.2 Å². The summed E-state index contributed by atoms with van der Waals surface area (Å²) in [6.07, 6.45) is 0.503. The zero-order valence-corrected chi connectivity index (χ0v) is 19.2. The highest BCUT2D eigenvalue weighted by Gasteiger charge is 2.06. The first kappa shape index (κ1) is 22.6. The molecule has 168 valence electrons. The van der Waals surface area contributed by atoms with Gasteiger partial charge in [-0.05, 0) is 66.8 Å². The number of aryl methyl sites for hydroxylation is 1. The molecule has 0 N–H and O–H groups in total. The summed E-state index contributed by atoms with van der Waals surface area (Å²) in [7, 11) is 0. The first-order valence-corrected chi connectivity index (χ1v) is 11.4. The molecule has 0 bridgehead atoms. The maximum atomic E-state index is 5.90. The zero-order valence-electron chi connectivity index (χ0n) is 19.2. The molecule has 0 aliphatic carbocycles. The van der Waals surface area contributed by atoms with Crippen molar-refractivity contribution in [2.45, 2.75) is 33.2 Å². The van der Waals surface area contributed by atoms with Crippen LogP contribution in [0.25, 0.3) is 11.1 Å². The minimum Gasteiger partial charge on any atom is -0.489 e. The quantitative estimate of drug-likeness (QED) is 0.245. The monoisotopic (exact) mass is 438 g/mol. The lowest BCUT2D eigenvalue weighted by Gasteiger charge is -2.16. The first-order chi connectivity index (χ1) is 16.2. The molecule has 0 fully saturated rings. The van der Waals surface area contributed by atoms with Gasteiger partial charge in [0.1, 0.15) is 18.1 Å². The maximum Gasteiger partial charge on any atom is 0.196 e. The van der Waals surface area contributed by atoms with Crippen molar-refractivity contribution in [1.29, 1.82) is 0 Å². The smallest absolute Gasteiger partial charge is 0.196 e. The lowest BCUT2D eigenvalue weighted by molar-refractivity contribution is -0.0654. The van der Waals surface area contributed by atoms with Crippen LogP contribution in [0.1, 0.15) is 23.6 Å². The van der Waals surface area contributed by atoms with Crippen molar-refractivity contribution >= 4 is 0 Å². The van der Waals surface area contributed by atoms with E-state index in [2.05, 4.69) is 67.6 Å². The molecule has 0 aliphatic rings. The Labute approximate surface area is 196 Å². The van der Waals surface area contributed by atoms with Gasteiger partial charge in [0.05, 0.1) is 6.61 Å². The van der Waals surface area contributed by atoms with Crippen molar-refractivity contribution in [2.24, 2.45) is 0 Å². The van der Waals surface area contributed by atoms with E-state index in [1.54, 1.807) is 0 Å². The highest BCUT2D eigenvalue weighted by Crippen LogP contribution is 2.23. The molecule has 0 amide bonds. The predicted molar refractivity (Wildman–Crippen MR) is 134 cm³/mol. The third kappa shape index (κ3) is 6.96. The number of hydrogen-bond donors (Lipinski definition) is 0. The van der Waals surface area contributed by atoms with Crippen LogP contribution in [0.15, 0.2) is 103 Å². The molecule has 3 nitrogen and oxygen atoms in total. The van der Waals surface area contributed by atoms with E-state index in [1.165, 1.54) is 27.8 Å². The van der Waals surface area contributed by atoms with E-state index in [0.29, 0.717) is 13.2 Å². The van der Waals surface area contributed by atoms with E-state index in [0.717, 1.165) is 17.9 Å². The van der Waals surface area contributed by atoms with Crippen LogP contribution in [-0.2, 0) is 17.8 Å². The number of benzene rings is 4. The molecule has 0 aromatic heterocycles. The molecular weight excluding hydrogens is 408 g/mol. The fraction of sp³-hybridized carbons (Fsp3) is 0.200. The van der Waals surface area contributed by atoms with Crippen molar-refractivity contribution in [1.82, 2.24) is 0 Å². The second-order valence-electron chi connectivity index (χ2n) is 8.11. The van der Waals surface area contributed by atoms with Crippen molar-refractivity contribution in [3.63, 3.8) is 0 Å². The van der Waals surface area contributed by atoms with Gasteiger partial charge >= 0.3 is 0 Å². The molecule has 4 aromatic carbocycles. The van der Waals surface area contributed by atoms with E-state index in [1.807, 2.05) is 49.4 Å². The normalized spacial score (nSPS) is 11.7. The van der Waals surface area contributed by atoms with Crippen LogP contribution in [0.5, 0.6) is 11.5 Å². The van der Waals surface area contributed by atoms with Crippen LogP contribution in [0.4, 0.5) is 0 Å². The lowest BCUT2D eigenvalue weighted by atomic mass is 10.1. The van der Waals surface area contributed by atoms with E-state index in [9.17, 15) is 0 Å². The SMILES string of the molecule is Cc1ccc(COc2ccc(CCOC(C)Oc3ccc(-c4ccccc4)cc3)cc2)cc1. The van der Waals surface area contributed by atoms with Crippen LogP contribution in [0.3, 0.4) is 0 Å². The summed E-state index contributed by atoms with van der Waals surface area (Å²) in [5.41, 5.74) is 5.99. The van der Waals surface area contributed by atoms with Crippen molar-refractivity contribution < 1.29 is 14.2 Å². The molecule has 0 heterocycles. The molecular formula is C30H30O3. The summed E-state index contributed by atoms with van der Waals surface area (Å²) in [6.45, 7) is 5.17. The molecule has 3 heteroatoms. The number of rotatable bonds is 10. The molecule has 33 heavy (non-hydrogen) atoms. The van der Waals surface area contributed by atoms with Gasteiger partial charge in [0.2, 0.25) is 0 Å². The van der Waals surface area contributed by atoms with Crippen molar-refractivity contribution in [3.8, 4) is 22.6 Å². The maximum absolute atomic E-state index is 5.90. The van der Waals surface area contributed by atoms with E-state index >= 15 is 0 Å². The summed E-state index contributed by atoms with van der Waals surface area (Å²) < 4.78 is 17.6. The molecule has 0 aliphatic heterocycles. The van der Waals surface area contributed by atoms with Crippen LogP contribution in [0, 0.1) is 6.92 Å². The van der Waals surface area contributed by atoms with Gasteiger partial charge in [-0.25, -0.2) is 0 Å². The van der Waals surface area contributed by atoms with Gasteiger partial charge in [0.15, 0.2) is 6.29 Å². The summed E-state index contributed by atoms with van der Waals surface area (Å²) in [4.78, 5) is 0. The molecule has 4 aromatic rings. The fourth-order valence-electron chi connectivity index (χ4n) is 3.53. The minimum absolute atomic E-state index is 0.315. The Kier molecular flexibility index (Phi) is 7.78. The average molecular weight is 439 g/mol. The van der Waals surface area contributed by atoms with Crippen molar-refractivity contribution in [2.75, 3.05) is 6.61 Å². The minimum atomic E-state index is -0.315. The second-order valence-corrected chi connectivity index (χ2v) is 8.11. The van der Waals surface area contributed by atoms with Crippen LogP contribution < -0.4 is 9.47 Å². The summed E-state index contributed by atoms with van der Waals surface area (Å²) in [5, 5.41) is 0. The van der Waals surface area contributed by atoms with E-state index in [4.69, 9.17) is 14.2 Å². The first-order valence-electron chi connectivity index (χ1n) is 11.4. The van der Waals surface area contributed by atoms with Gasteiger partial charge in [-0.15, -0.1) is 0 Å². The number of hydrogen-bond acceptors (Lipinski definition) is 3. The molecule has 0 spiro atoms. The van der Waals surface area contributed by atoms with Gasteiger partial charge in [-0.2, -0.15) is 0 Å². The molecule has 0 saturated heterocycles. The molecule has 4 rings (SSSR count). The summed E-state index contributed by atoms with van der Waals surface area (Å²) in [5.74, 6) is 1.67. The molecule has 1 unspecified atom stereocenters. The van der Waals surface area contributed by atoms with E-state index in [-0.39, 0.29) is 6.29 Å². The topological polar surface area (TPSA) is 27.7 Å². The Balaban J connectivity index is 1.18. The average Bonchev–Trinajstić information content (AvgIpc) is 2.85. The third-order valence-electron chi connectivity index (χ3n) is 5.46. The summed E-state index contributed by atoms with van der Waals surface area (Å²) in [6, 6.07) is 35.0. The van der Waals surface area contributed by atoms with Crippen molar-refractivity contribution in [3.05, 3.63) is 120 Å². The fourth-order valence-corrected chi connectivity index (χ4v) is 3.53. The lowest BCUT2D eigenvalue weighted by Crippen LogP contribution is -2.17. The van der Waals surface area contributed by atoms with Gasteiger partial charge in [-0.1, -0.05) is 84.4 Å². The number of ether oxygens (including phenoxy) is 3. The predicted octanol–water partition coefficient (Wildman–Crippen LogP) is 7.23. The van der Waals surface area contributed by atoms with Crippen LogP contribution >= 0.6 is 0 Å². The molecule has 0 saturated carbocycles. The molecule has 0 radical (unpaired) electrons. The van der Waals surface area contributed by atoms with Gasteiger partial charge in [0.25, 0.3) is 0 Å². The Morgan fingerprint density at radius 3 is 1.94 bits per heavy atom. The Hall–Kier alpha value is -3.56. The largest absolute Gasteiger partial charge is 0.489 e. The zero-order chi connectivity index (χ0) is 22.9. The molecule has 1 atom stereocenters. The standard InChI is InChI=1S/C30H30O3/c1-23-8-10-26(11-9-23)22-32-29-16-12-25(13-17-29)20-21-31-24(2)33-30-18-14-28(15-19-30)27-6-4-3-5-7-27/h3-19,24H,20-22H2,1-2H3. The second kappa shape index (κ2) is 11.3. The van der Waals surface area contributed by atoms with Crippen LogP contribution in [-0.4, -0.2) is 12.9 Å². The third-order valence-corrected chi connectivity index (χ3v) is 5.46. The Morgan fingerprint density at radius 2 is 1.24 bits per heavy atom. The van der Waals surface area contributed by atoms with Crippen LogP contribution in [0.2, 0.25) is 0 Å². The Morgan fingerprint density at radius 1 is 0.636 bits per heavy atom. The summed E-state index contributed by atoms with van der Waals surface area (Å²) >= 11 is 0. The Bertz CT molecular complexity index is 1100. The van der Waals surface area contributed by atoms with E-state index < -0.39 is 0 Å². The van der Waals surface area contributed by atoms with Gasteiger partial charge in [-0.3, -0.25) is 0 Å². The highest BCUT2D eigenvalue weighted by atomic mass is 16.7. The highest BCUT2D eigenvalue weighted by molar-refractivity contribution is 5.63.